The predicted molar refractivity (Wildman–Crippen MR) is 123 cm³/mol. The van der Waals surface area contributed by atoms with E-state index in [0.717, 1.165) is 16.7 Å². The molecule has 1 heterocycles. The largest absolute Gasteiger partial charge is 0.497 e. The fraction of sp³-hybridized carbons (Fsp3) is 0.160. The lowest BCUT2D eigenvalue weighted by Crippen LogP contribution is -2.42. The van der Waals surface area contributed by atoms with E-state index in [0.29, 0.717) is 16.3 Å². The third-order valence-electron chi connectivity index (χ3n) is 5.32. The summed E-state index contributed by atoms with van der Waals surface area (Å²) in [6.45, 7) is 1.92. The number of amides is 2. The van der Waals surface area contributed by atoms with Gasteiger partial charge < -0.3 is 10.1 Å². The van der Waals surface area contributed by atoms with E-state index in [1.165, 1.54) is 0 Å². The molecule has 0 radical (unpaired) electrons. The second-order valence-corrected chi connectivity index (χ2v) is 8.04. The van der Waals surface area contributed by atoms with Crippen LogP contribution >= 0.6 is 11.6 Å². The van der Waals surface area contributed by atoms with Crippen molar-refractivity contribution in [2.75, 3.05) is 7.11 Å². The fourth-order valence-corrected chi connectivity index (χ4v) is 3.83. The van der Waals surface area contributed by atoms with Crippen LogP contribution in [0.4, 0.5) is 0 Å². The quantitative estimate of drug-likeness (QED) is 0.585. The summed E-state index contributed by atoms with van der Waals surface area (Å²) in [5, 5.41) is 3.54. The summed E-state index contributed by atoms with van der Waals surface area (Å²) in [5.74, 6) is 0.109. The smallest absolute Gasteiger partial charge is 0.304 e. The van der Waals surface area contributed by atoms with Gasteiger partial charge in [0, 0.05) is 21.7 Å². The molecule has 3 aromatic carbocycles. The monoisotopic (exact) mass is 448 g/mol. The number of nitrogens with zero attached hydrogens (tertiary/aromatic N) is 1. The number of nitrogens with one attached hydrogen (secondary N) is 2. The van der Waals surface area contributed by atoms with E-state index < -0.39 is 12.1 Å². The van der Waals surface area contributed by atoms with Crippen molar-refractivity contribution in [3.63, 3.8) is 0 Å². The minimum Gasteiger partial charge on any atom is -0.497 e. The van der Waals surface area contributed by atoms with E-state index in [4.69, 9.17) is 16.3 Å². The lowest BCUT2D eigenvalue weighted by molar-refractivity contribution is -0.596. The Kier molecular flexibility index (Phi) is 6.23. The Balaban J connectivity index is 1.70. The minimum absolute atomic E-state index is 0.294. The van der Waals surface area contributed by atoms with Gasteiger partial charge in [-0.3, -0.25) is 9.59 Å². The first-order valence-corrected chi connectivity index (χ1v) is 10.5. The first-order chi connectivity index (χ1) is 15.4. The Morgan fingerprint density at radius 1 is 1.09 bits per heavy atom. The summed E-state index contributed by atoms with van der Waals surface area (Å²) in [6.07, 6.45) is 1.82. The molecule has 4 rings (SSSR count). The number of methoxy groups -OCH3 is 1. The van der Waals surface area contributed by atoms with E-state index in [1.807, 2.05) is 61.7 Å². The Morgan fingerprint density at radius 2 is 1.81 bits per heavy atom. The molecule has 2 N–H and O–H groups in total. The SMILES string of the molecule is COc1ccc([C@H]2[C@H](NC(=O)c3cccc(C)c3)C(=O)N/[N+]2=C\c2ccc(Cl)cc2)cc1. The van der Waals surface area contributed by atoms with Gasteiger partial charge in [-0.05, 0) is 67.6 Å². The number of carbonyl (C=O) groups excluding carboxylic acids is 2. The molecular weight excluding hydrogens is 426 g/mol. The second kappa shape index (κ2) is 9.24. The molecule has 1 aliphatic heterocycles. The molecular formula is C25H23ClN3O3+. The number of hydrazone groups is 1. The van der Waals surface area contributed by atoms with Crippen molar-refractivity contribution in [3.05, 3.63) is 100 Å². The van der Waals surface area contributed by atoms with E-state index in [2.05, 4.69) is 10.7 Å². The van der Waals surface area contributed by atoms with Crippen LogP contribution in [0.15, 0.2) is 72.8 Å². The summed E-state index contributed by atoms with van der Waals surface area (Å²) in [5.41, 5.74) is 6.06. The van der Waals surface area contributed by atoms with Crippen LogP contribution in [0, 0.1) is 6.92 Å². The minimum atomic E-state index is -0.792. The van der Waals surface area contributed by atoms with Gasteiger partial charge in [0.05, 0.1) is 7.11 Å². The summed E-state index contributed by atoms with van der Waals surface area (Å²) < 4.78 is 6.98. The topological polar surface area (TPSA) is 70.4 Å². The van der Waals surface area contributed by atoms with Crippen LogP contribution in [0.1, 0.15) is 33.1 Å². The summed E-state index contributed by atoms with van der Waals surface area (Å²) >= 11 is 6.00. The van der Waals surface area contributed by atoms with Crippen LogP contribution in [-0.2, 0) is 4.79 Å². The Morgan fingerprint density at radius 3 is 2.47 bits per heavy atom. The molecule has 0 spiro atoms. The van der Waals surface area contributed by atoms with Crippen molar-refractivity contribution in [2.24, 2.45) is 0 Å². The fourth-order valence-electron chi connectivity index (χ4n) is 3.70. The highest BCUT2D eigenvalue weighted by Crippen LogP contribution is 2.27. The Labute approximate surface area is 191 Å². The van der Waals surface area contributed by atoms with Gasteiger partial charge in [-0.15, -0.1) is 10.1 Å². The van der Waals surface area contributed by atoms with Gasteiger partial charge in [0.1, 0.15) is 5.75 Å². The van der Waals surface area contributed by atoms with Gasteiger partial charge in [-0.1, -0.05) is 29.3 Å². The predicted octanol–water partition coefficient (Wildman–Crippen LogP) is 3.67. The highest BCUT2D eigenvalue weighted by atomic mass is 35.5. The third kappa shape index (κ3) is 4.65. The molecule has 3 aromatic rings. The van der Waals surface area contributed by atoms with Crippen LogP contribution < -0.4 is 15.5 Å². The first-order valence-electron chi connectivity index (χ1n) is 10.2. The standard InChI is InChI=1S/C25H22ClN3O3/c1-16-4-3-5-19(14-16)24(30)27-22-23(18-8-12-21(32-2)13-9-18)29(28-25(22)31)15-17-6-10-20(26)11-7-17/h3-15,22-23H,1-2H3,(H-,27,28,30,31)/p+1/b29-15-/t22-,23-/m0/s1. The van der Waals surface area contributed by atoms with Gasteiger partial charge in [0.15, 0.2) is 6.04 Å². The molecule has 0 unspecified atom stereocenters. The normalized spacial score (nSPS) is 19.0. The van der Waals surface area contributed by atoms with Gasteiger partial charge >= 0.3 is 5.91 Å². The maximum Gasteiger partial charge on any atom is 0.304 e. The molecule has 0 aliphatic carbocycles. The van der Waals surface area contributed by atoms with Crippen molar-refractivity contribution in [3.8, 4) is 5.75 Å². The van der Waals surface area contributed by atoms with Crippen molar-refractivity contribution >= 4 is 29.6 Å². The molecule has 162 valence electrons. The van der Waals surface area contributed by atoms with E-state index in [9.17, 15) is 9.59 Å². The highest BCUT2D eigenvalue weighted by molar-refractivity contribution is 6.30. The maximum absolute atomic E-state index is 12.9. The third-order valence-corrected chi connectivity index (χ3v) is 5.57. The van der Waals surface area contributed by atoms with Crippen LogP contribution in [0.3, 0.4) is 0 Å². The molecule has 0 aromatic heterocycles. The molecule has 2 atom stereocenters. The number of halogens is 1. The average molecular weight is 449 g/mol. The zero-order valence-corrected chi connectivity index (χ0v) is 18.5. The number of hydrogen-bond acceptors (Lipinski definition) is 3. The molecule has 0 bridgehead atoms. The number of aryl methyl sites for hydroxylation is 1. The maximum atomic E-state index is 12.9. The summed E-state index contributed by atoms with van der Waals surface area (Å²) in [6, 6.07) is 20.7. The molecule has 1 saturated heterocycles. The molecule has 1 fully saturated rings. The van der Waals surface area contributed by atoms with E-state index in [1.54, 1.807) is 36.1 Å². The zero-order valence-electron chi connectivity index (χ0n) is 17.7. The first kappa shape index (κ1) is 21.6. The van der Waals surface area contributed by atoms with Gasteiger partial charge in [-0.25, -0.2) is 0 Å². The van der Waals surface area contributed by atoms with Gasteiger partial charge in [-0.2, -0.15) is 0 Å². The Hall–Kier alpha value is -3.64. The van der Waals surface area contributed by atoms with Crippen molar-refractivity contribution in [1.29, 1.82) is 0 Å². The van der Waals surface area contributed by atoms with E-state index in [-0.39, 0.29) is 11.8 Å². The van der Waals surface area contributed by atoms with Crippen molar-refractivity contribution in [2.45, 2.75) is 19.0 Å². The molecule has 7 heteroatoms. The zero-order chi connectivity index (χ0) is 22.7. The van der Waals surface area contributed by atoms with Gasteiger partial charge in [0.25, 0.3) is 5.91 Å². The molecule has 32 heavy (non-hydrogen) atoms. The van der Waals surface area contributed by atoms with Crippen LogP contribution in [0.2, 0.25) is 5.02 Å². The number of hydrazine groups is 1. The molecule has 0 saturated carbocycles. The highest BCUT2D eigenvalue weighted by Gasteiger charge is 2.47. The second-order valence-electron chi connectivity index (χ2n) is 7.60. The number of benzene rings is 3. The van der Waals surface area contributed by atoms with Gasteiger partial charge in [0.2, 0.25) is 12.3 Å². The number of carbonyl (C=O) groups is 2. The molecule has 2 amide bonds. The number of rotatable bonds is 5. The van der Waals surface area contributed by atoms with E-state index >= 15 is 0 Å². The van der Waals surface area contributed by atoms with Crippen LogP contribution in [0.5, 0.6) is 5.75 Å². The summed E-state index contributed by atoms with van der Waals surface area (Å²) in [7, 11) is 1.60. The van der Waals surface area contributed by atoms with Crippen molar-refractivity contribution in [1.82, 2.24) is 10.7 Å². The van der Waals surface area contributed by atoms with Crippen molar-refractivity contribution < 1.29 is 19.0 Å². The Bertz CT molecular complexity index is 1170. The molecule has 6 nitrogen and oxygen atoms in total. The molecule has 1 aliphatic rings. The number of hydrogen-bond donors (Lipinski definition) is 2. The van der Waals surface area contributed by atoms with Crippen LogP contribution in [0.25, 0.3) is 0 Å². The lowest BCUT2D eigenvalue weighted by atomic mass is 9.99. The summed E-state index contributed by atoms with van der Waals surface area (Å²) in [4.78, 5) is 25.9. The average Bonchev–Trinajstić information content (AvgIpc) is 3.09. The lowest BCUT2D eigenvalue weighted by Gasteiger charge is -2.15. The number of ether oxygens (including phenoxy) is 1. The van der Waals surface area contributed by atoms with Crippen LogP contribution in [-0.4, -0.2) is 35.9 Å².